The SMILES string of the molecule is CC(C)C(Nc1ccc(-n2nccn2)cc1)c1cccs1. The van der Waals surface area contributed by atoms with Crippen LogP contribution in [0.15, 0.2) is 54.2 Å². The molecule has 2 heterocycles. The van der Waals surface area contributed by atoms with Crippen LogP contribution >= 0.6 is 11.3 Å². The van der Waals surface area contributed by atoms with Crippen molar-refractivity contribution < 1.29 is 0 Å². The van der Waals surface area contributed by atoms with Crippen LogP contribution in [0.4, 0.5) is 5.69 Å². The van der Waals surface area contributed by atoms with Crippen LogP contribution in [-0.2, 0) is 0 Å². The Morgan fingerprint density at radius 1 is 1.05 bits per heavy atom. The predicted octanol–water partition coefficient (Wildman–Crippen LogP) is 4.14. The number of nitrogens with one attached hydrogen (secondary N) is 1. The summed E-state index contributed by atoms with van der Waals surface area (Å²) >= 11 is 1.79. The van der Waals surface area contributed by atoms with E-state index in [1.165, 1.54) is 4.88 Å². The van der Waals surface area contributed by atoms with E-state index in [2.05, 4.69) is 59.0 Å². The number of aromatic nitrogens is 3. The van der Waals surface area contributed by atoms with E-state index in [4.69, 9.17) is 0 Å². The summed E-state index contributed by atoms with van der Waals surface area (Å²) in [7, 11) is 0. The number of nitrogens with zero attached hydrogens (tertiary/aromatic N) is 3. The molecule has 21 heavy (non-hydrogen) atoms. The van der Waals surface area contributed by atoms with Crippen LogP contribution in [0.5, 0.6) is 0 Å². The monoisotopic (exact) mass is 298 g/mol. The predicted molar refractivity (Wildman–Crippen MR) is 86.9 cm³/mol. The van der Waals surface area contributed by atoms with E-state index in [-0.39, 0.29) is 0 Å². The van der Waals surface area contributed by atoms with E-state index in [1.807, 2.05) is 12.1 Å². The molecule has 0 saturated carbocycles. The fraction of sp³-hybridized carbons (Fsp3) is 0.250. The van der Waals surface area contributed by atoms with Gasteiger partial charge < -0.3 is 5.32 Å². The first kappa shape index (κ1) is 13.8. The topological polar surface area (TPSA) is 42.7 Å². The van der Waals surface area contributed by atoms with Crippen molar-refractivity contribution in [2.75, 3.05) is 5.32 Å². The molecule has 3 rings (SSSR count). The zero-order chi connectivity index (χ0) is 14.7. The minimum atomic E-state index is 0.332. The number of benzene rings is 1. The van der Waals surface area contributed by atoms with Crippen LogP contribution in [0, 0.1) is 5.92 Å². The second kappa shape index (κ2) is 6.10. The first-order valence-electron chi connectivity index (χ1n) is 7.01. The van der Waals surface area contributed by atoms with Gasteiger partial charge in [0.1, 0.15) is 0 Å². The van der Waals surface area contributed by atoms with Gasteiger partial charge in [-0.3, -0.25) is 0 Å². The summed E-state index contributed by atoms with van der Waals surface area (Å²) in [5, 5.41) is 14.0. The van der Waals surface area contributed by atoms with Crippen LogP contribution < -0.4 is 5.32 Å². The lowest BCUT2D eigenvalue weighted by Crippen LogP contribution is -2.15. The Bertz CT molecular complexity index is 657. The molecule has 1 atom stereocenters. The van der Waals surface area contributed by atoms with Gasteiger partial charge in [0.15, 0.2) is 0 Å². The Hall–Kier alpha value is -2.14. The summed E-state index contributed by atoms with van der Waals surface area (Å²) in [6.07, 6.45) is 3.36. The number of hydrogen-bond donors (Lipinski definition) is 1. The van der Waals surface area contributed by atoms with Gasteiger partial charge in [-0.2, -0.15) is 15.0 Å². The minimum absolute atomic E-state index is 0.332. The fourth-order valence-corrected chi connectivity index (χ4v) is 3.20. The molecule has 0 aliphatic rings. The molecule has 1 aromatic carbocycles. The molecule has 0 fully saturated rings. The Kier molecular flexibility index (Phi) is 4.01. The zero-order valence-corrected chi connectivity index (χ0v) is 12.9. The van der Waals surface area contributed by atoms with E-state index in [9.17, 15) is 0 Å². The van der Waals surface area contributed by atoms with Crippen LogP contribution in [-0.4, -0.2) is 15.0 Å². The average Bonchev–Trinajstić information content (AvgIpc) is 3.18. The number of thiophene rings is 1. The van der Waals surface area contributed by atoms with E-state index in [0.29, 0.717) is 12.0 Å². The smallest absolute Gasteiger partial charge is 0.0858 e. The molecule has 108 valence electrons. The van der Waals surface area contributed by atoms with Crippen molar-refractivity contribution in [3.8, 4) is 5.69 Å². The van der Waals surface area contributed by atoms with Crippen LogP contribution in [0.3, 0.4) is 0 Å². The highest BCUT2D eigenvalue weighted by molar-refractivity contribution is 7.10. The molecular weight excluding hydrogens is 280 g/mol. The van der Waals surface area contributed by atoms with Crippen molar-refractivity contribution in [1.29, 1.82) is 0 Å². The number of rotatable bonds is 5. The first-order chi connectivity index (χ1) is 10.2. The average molecular weight is 298 g/mol. The van der Waals surface area contributed by atoms with Gasteiger partial charge in [0.2, 0.25) is 0 Å². The molecule has 4 nitrogen and oxygen atoms in total. The molecule has 0 radical (unpaired) electrons. The van der Waals surface area contributed by atoms with Crippen molar-refractivity contribution >= 4 is 17.0 Å². The van der Waals surface area contributed by atoms with Crippen molar-refractivity contribution in [2.45, 2.75) is 19.9 Å². The molecular formula is C16H18N4S. The molecule has 5 heteroatoms. The third-order valence-electron chi connectivity index (χ3n) is 3.36. The van der Waals surface area contributed by atoms with Gasteiger partial charge in [-0.05, 0) is 41.6 Å². The standard InChI is InChI=1S/C16H18N4S/c1-12(2)16(15-4-3-11-21-15)19-13-5-7-14(8-6-13)20-17-9-10-18-20/h3-12,16,19H,1-2H3. The van der Waals surface area contributed by atoms with E-state index in [1.54, 1.807) is 28.5 Å². The molecule has 0 aliphatic heterocycles. The maximum atomic E-state index is 4.13. The lowest BCUT2D eigenvalue weighted by atomic mass is 10.0. The molecule has 0 saturated heterocycles. The van der Waals surface area contributed by atoms with Gasteiger partial charge in [-0.25, -0.2) is 0 Å². The van der Waals surface area contributed by atoms with Crippen molar-refractivity contribution in [2.24, 2.45) is 5.92 Å². The lowest BCUT2D eigenvalue weighted by Gasteiger charge is -2.22. The van der Waals surface area contributed by atoms with E-state index in [0.717, 1.165) is 11.4 Å². The summed E-state index contributed by atoms with van der Waals surface area (Å²) in [6.45, 7) is 4.47. The summed E-state index contributed by atoms with van der Waals surface area (Å²) < 4.78 is 0. The Morgan fingerprint density at radius 2 is 1.76 bits per heavy atom. The van der Waals surface area contributed by atoms with Crippen molar-refractivity contribution in [3.63, 3.8) is 0 Å². The highest BCUT2D eigenvalue weighted by Gasteiger charge is 2.16. The quantitative estimate of drug-likeness (QED) is 0.770. The molecule has 0 spiro atoms. The number of hydrogen-bond acceptors (Lipinski definition) is 4. The second-order valence-corrected chi connectivity index (χ2v) is 6.23. The Morgan fingerprint density at radius 3 is 2.33 bits per heavy atom. The third-order valence-corrected chi connectivity index (χ3v) is 4.31. The zero-order valence-electron chi connectivity index (χ0n) is 12.1. The lowest BCUT2D eigenvalue weighted by molar-refractivity contribution is 0.554. The molecule has 0 aliphatic carbocycles. The van der Waals surface area contributed by atoms with Gasteiger partial charge >= 0.3 is 0 Å². The highest BCUT2D eigenvalue weighted by atomic mass is 32.1. The maximum absolute atomic E-state index is 4.13. The summed E-state index contributed by atoms with van der Waals surface area (Å²) in [6, 6.07) is 12.8. The Balaban J connectivity index is 1.78. The molecule has 0 bridgehead atoms. The summed E-state index contributed by atoms with van der Waals surface area (Å²) in [5.41, 5.74) is 2.07. The molecule has 1 N–H and O–H groups in total. The van der Waals surface area contributed by atoms with Crippen LogP contribution in [0.2, 0.25) is 0 Å². The van der Waals surface area contributed by atoms with Gasteiger partial charge in [0.25, 0.3) is 0 Å². The largest absolute Gasteiger partial charge is 0.377 e. The molecule has 3 aromatic rings. The maximum Gasteiger partial charge on any atom is 0.0858 e. The highest BCUT2D eigenvalue weighted by Crippen LogP contribution is 2.29. The second-order valence-electron chi connectivity index (χ2n) is 5.25. The van der Waals surface area contributed by atoms with Crippen molar-refractivity contribution in [3.05, 3.63) is 59.0 Å². The third kappa shape index (κ3) is 3.13. The normalized spacial score (nSPS) is 12.5. The summed E-state index contributed by atoms with van der Waals surface area (Å²) in [4.78, 5) is 2.98. The van der Waals surface area contributed by atoms with Gasteiger partial charge in [0.05, 0.1) is 24.1 Å². The van der Waals surface area contributed by atoms with Crippen molar-refractivity contribution in [1.82, 2.24) is 15.0 Å². The Labute approximate surface area is 128 Å². The van der Waals surface area contributed by atoms with Gasteiger partial charge in [-0.1, -0.05) is 19.9 Å². The molecule has 0 amide bonds. The van der Waals surface area contributed by atoms with Crippen LogP contribution in [0.25, 0.3) is 5.69 Å². The summed E-state index contributed by atoms with van der Waals surface area (Å²) in [5.74, 6) is 0.524. The molecule has 2 aromatic heterocycles. The minimum Gasteiger partial charge on any atom is -0.377 e. The fourth-order valence-electron chi connectivity index (χ4n) is 2.25. The molecule has 1 unspecified atom stereocenters. The van der Waals surface area contributed by atoms with E-state index < -0.39 is 0 Å². The van der Waals surface area contributed by atoms with Crippen LogP contribution in [0.1, 0.15) is 24.8 Å². The van der Waals surface area contributed by atoms with E-state index >= 15 is 0 Å². The first-order valence-corrected chi connectivity index (χ1v) is 7.88. The number of anilines is 1. The van der Waals surface area contributed by atoms with Gasteiger partial charge in [-0.15, -0.1) is 11.3 Å². The van der Waals surface area contributed by atoms with Gasteiger partial charge in [0, 0.05) is 10.6 Å².